The summed E-state index contributed by atoms with van der Waals surface area (Å²) in [5.41, 5.74) is 3.25. The van der Waals surface area contributed by atoms with Gasteiger partial charge in [-0.3, -0.25) is 9.71 Å². The van der Waals surface area contributed by atoms with Crippen molar-refractivity contribution >= 4 is 62.5 Å². The maximum atomic E-state index is 12.0. The molecule has 0 radical (unpaired) electrons. The van der Waals surface area contributed by atoms with E-state index in [-0.39, 0.29) is 4.90 Å². The number of hydrogen-bond donors (Lipinski definition) is 3. The number of nitrogens with one attached hydrogen (secondary N) is 2. The van der Waals surface area contributed by atoms with Crippen LogP contribution in [0.2, 0.25) is 5.02 Å². The number of sulfonamides is 1. The Morgan fingerprint density at radius 1 is 1.31 bits per heavy atom. The van der Waals surface area contributed by atoms with Crippen LogP contribution in [0.15, 0.2) is 44.5 Å². The van der Waals surface area contributed by atoms with E-state index in [2.05, 4.69) is 25.1 Å². The van der Waals surface area contributed by atoms with Crippen LogP contribution < -0.4 is 16.0 Å². The number of nitrogens with two attached hydrogens (primary N) is 1. The van der Waals surface area contributed by atoms with Crippen LogP contribution in [0.3, 0.4) is 0 Å². The van der Waals surface area contributed by atoms with Gasteiger partial charge < -0.3 is 5.43 Å². The molecule has 1 aromatic carbocycles. The van der Waals surface area contributed by atoms with Crippen molar-refractivity contribution in [1.82, 2.24) is 15.1 Å². The molecule has 12 heteroatoms. The van der Waals surface area contributed by atoms with Crippen LogP contribution in [-0.4, -0.2) is 38.4 Å². The number of benzene rings is 1. The summed E-state index contributed by atoms with van der Waals surface area (Å²) in [6.45, 7) is 0.486. The largest absolute Gasteiger partial charge is 0.315 e. The zero-order valence-corrected chi connectivity index (χ0v) is 16.7. The molecule has 140 valence electrons. The van der Waals surface area contributed by atoms with Crippen molar-refractivity contribution in [3.63, 3.8) is 0 Å². The Morgan fingerprint density at radius 2 is 2.08 bits per heavy atom. The monoisotopic (exact) mass is 432 g/mol. The van der Waals surface area contributed by atoms with Gasteiger partial charge in [-0.1, -0.05) is 11.6 Å². The van der Waals surface area contributed by atoms with Gasteiger partial charge in [0.05, 0.1) is 16.9 Å². The van der Waals surface area contributed by atoms with E-state index in [1.807, 2.05) is 5.38 Å². The molecule has 2 aromatic rings. The number of nitrogens with zero attached hydrogens (tertiary/aromatic N) is 3. The summed E-state index contributed by atoms with van der Waals surface area (Å²) in [5, 5.41) is 3.04. The highest BCUT2D eigenvalue weighted by Gasteiger charge is 2.11. The average Bonchev–Trinajstić information content (AvgIpc) is 3.07. The Bertz CT molecular complexity index is 852. The van der Waals surface area contributed by atoms with Gasteiger partial charge in [0.15, 0.2) is 0 Å². The molecule has 1 heterocycles. The maximum Gasteiger partial charge on any atom is 0.262 e. The van der Waals surface area contributed by atoms with Crippen molar-refractivity contribution in [3.8, 4) is 0 Å². The summed E-state index contributed by atoms with van der Waals surface area (Å²) in [4.78, 5) is 12.5. The molecule has 1 aromatic heterocycles. The molecule has 0 fully saturated rings. The van der Waals surface area contributed by atoms with Gasteiger partial charge in [-0.25, -0.2) is 24.2 Å². The number of rotatable bonds is 10. The number of aromatic nitrogens is 1. The van der Waals surface area contributed by atoms with Crippen LogP contribution in [0.25, 0.3) is 0 Å². The number of thiazole rings is 1. The van der Waals surface area contributed by atoms with Crippen molar-refractivity contribution < 1.29 is 8.42 Å². The summed E-state index contributed by atoms with van der Waals surface area (Å²) >= 11 is 8.82. The second kappa shape index (κ2) is 10.5. The molecule has 0 unspecified atom stereocenters. The van der Waals surface area contributed by atoms with Crippen molar-refractivity contribution in [2.45, 2.75) is 10.6 Å². The van der Waals surface area contributed by atoms with E-state index in [9.17, 15) is 8.42 Å². The second-order valence-electron chi connectivity index (χ2n) is 4.71. The van der Waals surface area contributed by atoms with Crippen LogP contribution in [0, 0.1) is 0 Å². The lowest BCUT2D eigenvalue weighted by molar-refractivity contribution is 0.593. The van der Waals surface area contributed by atoms with Gasteiger partial charge in [0.1, 0.15) is 6.34 Å². The van der Waals surface area contributed by atoms with Gasteiger partial charge in [0.2, 0.25) is 5.13 Å². The van der Waals surface area contributed by atoms with Crippen molar-refractivity contribution in [1.29, 1.82) is 0 Å². The predicted octanol–water partition coefficient (Wildman–Crippen LogP) is 2.16. The highest BCUT2D eigenvalue weighted by atomic mass is 35.5. The predicted molar refractivity (Wildman–Crippen MR) is 109 cm³/mol. The molecular weight excluding hydrogens is 416 g/mol. The van der Waals surface area contributed by atoms with Crippen molar-refractivity contribution in [2.75, 3.05) is 12.3 Å². The summed E-state index contributed by atoms with van der Waals surface area (Å²) in [7, 11) is -3.62. The lowest BCUT2D eigenvalue weighted by atomic mass is 10.4. The first-order valence-corrected chi connectivity index (χ1v) is 11.2. The molecule has 0 amide bonds. The van der Waals surface area contributed by atoms with Gasteiger partial charge in [0.25, 0.3) is 10.0 Å². The van der Waals surface area contributed by atoms with Gasteiger partial charge in [-0.05, 0) is 24.3 Å². The number of halogens is 1. The minimum atomic E-state index is -3.62. The Kier molecular flexibility index (Phi) is 8.32. The number of aliphatic imine (C=N–C) groups is 2. The molecule has 2 rings (SSSR count). The first kappa shape index (κ1) is 20.6. The third-order valence-corrected chi connectivity index (χ3v) is 6.16. The SMILES string of the molecule is NN/C=N/c1nc(CSCCN=CNS(=O)(=O)c2ccc(Cl)cc2)cs1. The fourth-order valence-corrected chi connectivity index (χ4v) is 4.13. The van der Waals surface area contributed by atoms with Gasteiger partial charge in [0, 0.05) is 28.5 Å². The van der Waals surface area contributed by atoms with Crippen LogP contribution in [0.1, 0.15) is 5.69 Å². The molecule has 0 saturated carbocycles. The normalized spacial score (nSPS) is 12.1. The Balaban J connectivity index is 1.68. The smallest absolute Gasteiger partial charge is 0.262 e. The van der Waals surface area contributed by atoms with Crippen LogP contribution >= 0.6 is 34.7 Å². The summed E-state index contributed by atoms with van der Waals surface area (Å²) in [6.07, 6.45) is 2.57. The highest BCUT2D eigenvalue weighted by Crippen LogP contribution is 2.21. The third kappa shape index (κ3) is 6.92. The van der Waals surface area contributed by atoms with Gasteiger partial charge in [-0.2, -0.15) is 11.8 Å². The molecule has 0 aliphatic heterocycles. The molecule has 0 spiro atoms. The highest BCUT2D eigenvalue weighted by molar-refractivity contribution is 7.98. The molecule has 8 nitrogen and oxygen atoms in total. The molecular formula is C14H17ClN6O2S3. The average molecular weight is 433 g/mol. The minimum absolute atomic E-state index is 0.134. The van der Waals surface area contributed by atoms with E-state index in [0.717, 1.165) is 17.2 Å². The van der Waals surface area contributed by atoms with Gasteiger partial charge >= 0.3 is 0 Å². The Labute approximate surface area is 165 Å². The fraction of sp³-hybridized carbons (Fsp3) is 0.214. The zero-order valence-electron chi connectivity index (χ0n) is 13.5. The molecule has 0 aliphatic rings. The molecule has 4 N–H and O–H groups in total. The fourth-order valence-electron chi connectivity index (χ4n) is 1.66. The van der Waals surface area contributed by atoms with Crippen LogP contribution in [0.5, 0.6) is 0 Å². The first-order valence-electron chi connectivity index (χ1n) is 7.28. The van der Waals surface area contributed by atoms with E-state index >= 15 is 0 Å². The standard InChI is InChI=1S/C14H17ClN6O2S3/c15-11-1-3-13(4-2-11)26(22,23)20-9-17-5-6-24-7-12-8-25-14(21-12)18-10-19-16/h1-4,8-10H,5-7,16H2,(H,17,20)(H,18,19,21). The number of hydrogen-bond acceptors (Lipinski definition) is 8. The number of thioether (sulfide) groups is 1. The lowest BCUT2D eigenvalue weighted by Gasteiger charge is -2.03. The molecule has 0 aliphatic carbocycles. The Hall–Kier alpha value is -1.66. The number of hydrazine groups is 1. The zero-order chi connectivity index (χ0) is 18.8. The van der Waals surface area contributed by atoms with Crippen molar-refractivity contribution in [2.24, 2.45) is 15.8 Å². The molecule has 0 saturated heterocycles. The van der Waals surface area contributed by atoms with E-state index in [1.165, 1.54) is 48.3 Å². The summed E-state index contributed by atoms with van der Waals surface area (Å²) in [5.74, 6) is 6.57. The Morgan fingerprint density at radius 3 is 2.81 bits per heavy atom. The first-order chi connectivity index (χ1) is 12.5. The third-order valence-electron chi connectivity index (χ3n) is 2.83. The molecule has 0 atom stereocenters. The lowest BCUT2D eigenvalue weighted by Crippen LogP contribution is -2.22. The van der Waals surface area contributed by atoms with E-state index in [0.29, 0.717) is 16.7 Å². The minimum Gasteiger partial charge on any atom is -0.315 e. The molecule has 0 bridgehead atoms. The molecule has 26 heavy (non-hydrogen) atoms. The van der Waals surface area contributed by atoms with Crippen LogP contribution in [0.4, 0.5) is 5.13 Å². The van der Waals surface area contributed by atoms with E-state index in [1.54, 1.807) is 11.8 Å². The van der Waals surface area contributed by atoms with E-state index < -0.39 is 10.0 Å². The van der Waals surface area contributed by atoms with E-state index in [4.69, 9.17) is 17.4 Å². The topological polar surface area (TPSA) is 122 Å². The van der Waals surface area contributed by atoms with Crippen LogP contribution in [-0.2, 0) is 15.8 Å². The van der Waals surface area contributed by atoms with Gasteiger partial charge in [-0.15, -0.1) is 11.3 Å². The summed E-state index contributed by atoms with van der Waals surface area (Å²) < 4.78 is 26.3. The summed E-state index contributed by atoms with van der Waals surface area (Å²) in [6, 6.07) is 5.91. The maximum absolute atomic E-state index is 12.0. The quantitative estimate of drug-likeness (QED) is 0.174. The second-order valence-corrected chi connectivity index (χ2v) is 8.80. The van der Waals surface area contributed by atoms with Crippen molar-refractivity contribution in [3.05, 3.63) is 40.4 Å².